The van der Waals surface area contributed by atoms with Crippen LogP contribution in [0.3, 0.4) is 0 Å². The van der Waals surface area contributed by atoms with Crippen LogP contribution in [0.25, 0.3) is 11.0 Å². The van der Waals surface area contributed by atoms with Gasteiger partial charge >= 0.3 is 11.6 Å². The van der Waals surface area contributed by atoms with Gasteiger partial charge in [0.2, 0.25) is 0 Å². The number of rotatable bonds is 6. The highest BCUT2D eigenvalue weighted by Gasteiger charge is 2.34. The third-order valence-electron chi connectivity index (χ3n) is 8.39. The van der Waals surface area contributed by atoms with Crippen LogP contribution >= 0.6 is 0 Å². The van der Waals surface area contributed by atoms with E-state index in [1.54, 1.807) is 7.11 Å². The highest BCUT2D eigenvalue weighted by Crippen LogP contribution is 2.48. The fourth-order valence-corrected chi connectivity index (χ4v) is 6.49. The normalized spacial score (nSPS) is 17.1. The Bertz CT molecular complexity index is 1730. The molecule has 0 unspecified atom stereocenters. The number of aryl methyl sites for hydroxylation is 2. The molecular formula is C33H30O7. The van der Waals surface area contributed by atoms with Crippen molar-refractivity contribution in [2.45, 2.75) is 51.4 Å². The first kappa shape index (κ1) is 24.8. The molecule has 3 heterocycles. The number of hydrogen-bond acceptors (Lipinski definition) is 7. The van der Waals surface area contributed by atoms with E-state index in [2.05, 4.69) is 12.1 Å². The molecule has 3 aromatic carbocycles. The van der Waals surface area contributed by atoms with Crippen LogP contribution < -0.4 is 24.6 Å². The van der Waals surface area contributed by atoms with Crippen molar-refractivity contribution in [3.63, 3.8) is 0 Å². The van der Waals surface area contributed by atoms with Crippen LogP contribution in [-0.4, -0.2) is 26.3 Å². The van der Waals surface area contributed by atoms with Crippen molar-refractivity contribution in [3.8, 4) is 23.0 Å². The summed E-state index contributed by atoms with van der Waals surface area (Å²) in [5, 5.41) is 0.760. The molecule has 0 N–H and O–H groups in total. The van der Waals surface area contributed by atoms with Crippen molar-refractivity contribution in [2.75, 3.05) is 20.3 Å². The van der Waals surface area contributed by atoms with Gasteiger partial charge in [0.25, 0.3) is 0 Å². The van der Waals surface area contributed by atoms with E-state index in [9.17, 15) is 9.59 Å². The number of hydrogen-bond donors (Lipinski definition) is 0. The molecule has 0 saturated heterocycles. The van der Waals surface area contributed by atoms with Crippen LogP contribution in [-0.2, 0) is 30.5 Å². The van der Waals surface area contributed by atoms with Gasteiger partial charge in [-0.25, -0.2) is 4.79 Å². The van der Waals surface area contributed by atoms with E-state index in [1.807, 2.05) is 37.3 Å². The molecule has 1 atom stereocenters. The molecule has 4 aromatic rings. The predicted octanol–water partition coefficient (Wildman–Crippen LogP) is 5.60. The Labute approximate surface area is 231 Å². The Kier molecular flexibility index (Phi) is 6.02. The molecule has 0 bridgehead atoms. The summed E-state index contributed by atoms with van der Waals surface area (Å²) in [6.07, 6.45) is 4.28. The van der Waals surface area contributed by atoms with Crippen molar-refractivity contribution in [1.29, 1.82) is 0 Å². The molecule has 0 saturated carbocycles. The maximum absolute atomic E-state index is 12.9. The smallest absolute Gasteiger partial charge is 0.339 e. The summed E-state index contributed by atoms with van der Waals surface area (Å²) in [5.41, 5.74) is 7.11. The van der Waals surface area contributed by atoms with Crippen molar-refractivity contribution in [3.05, 3.63) is 91.8 Å². The minimum atomic E-state index is -0.304. The summed E-state index contributed by atoms with van der Waals surface area (Å²) >= 11 is 0. The van der Waals surface area contributed by atoms with E-state index >= 15 is 0 Å². The highest BCUT2D eigenvalue weighted by atomic mass is 16.5. The third kappa shape index (κ3) is 4.12. The van der Waals surface area contributed by atoms with Crippen molar-refractivity contribution in [2.24, 2.45) is 0 Å². The summed E-state index contributed by atoms with van der Waals surface area (Å²) in [6, 6.07) is 14.1. The molecule has 0 radical (unpaired) electrons. The molecule has 1 aromatic heterocycles. The number of benzene rings is 3. The Hall–Kier alpha value is -4.26. The number of methoxy groups -OCH3 is 1. The second-order valence-corrected chi connectivity index (χ2v) is 10.8. The van der Waals surface area contributed by atoms with E-state index < -0.39 is 0 Å². The number of carbonyl (C=O) groups excluding carboxylic acids is 1. The van der Waals surface area contributed by atoms with Gasteiger partial charge in [0.15, 0.2) is 11.5 Å². The maximum atomic E-state index is 12.9. The van der Waals surface area contributed by atoms with Gasteiger partial charge in [-0.1, -0.05) is 18.2 Å². The largest absolute Gasteiger partial charge is 0.493 e. The lowest BCUT2D eigenvalue weighted by Gasteiger charge is -2.28. The molecular weight excluding hydrogens is 508 g/mol. The van der Waals surface area contributed by atoms with Crippen LogP contribution in [0.1, 0.15) is 57.7 Å². The van der Waals surface area contributed by atoms with Gasteiger partial charge in [-0.2, -0.15) is 0 Å². The zero-order valence-corrected chi connectivity index (χ0v) is 22.6. The minimum Gasteiger partial charge on any atom is -0.493 e. The number of carbonyl (C=O) groups is 1. The zero-order valence-electron chi connectivity index (χ0n) is 22.6. The predicted molar refractivity (Wildman–Crippen MR) is 149 cm³/mol. The van der Waals surface area contributed by atoms with Gasteiger partial charge in [-0.15, -0.1) is 0 Å². The standard InChI is InChI=1S/C33H30O7/c1-18-14-28-31(22-4-3-5-23(22)33(35)39-28)32-30(18)24(17-29(34)40-32)20-7-9-26(27(16-20)36-2)38-12-10-19-6-8-25-21(15-19)11-13-37-25/h6-9,14-16,24H,3-5,10-13,17H2,1-2H3/t24-/m0/s1. The second kappa shape index (κ2) is 9.73. The van der Waals surface area contributed by atoms with Crippen LogP contribution in [0.15, 0.2) is 51.7 Å². The summed E-state index contributed by atoms with van der Waals surface area (Å²) in [6.45, 7) is 3.23. The molecule has 3 aliphatic rings. The van der Waals surface area contributed by atoms with Gasteiger partial charge in [0, 0.05) is 29.9 Å². The fourth-order valence-electron chi connectivity index (χ4n) is 6.49. The lowest BCUT2D eigenvalue weighted by atomic mass is 9.82. The Morgan fingerprint density at radius 2 is 1.85 bits per heavy atom. The molecule has 204 valence electrons. The SMILES string of the molecule is COc1cc([C@@H]2CC(=O)Oc3c2c(C)cc2oc(=O)c4c(c32)CCC4)ccc1OCCc1ccc2c(c1)CCO2. The van der Waals surface area contributed by atoms with E-state index in [1.165, 1.54) is 11.1 Å². The summed E-state index contributed by atoms with van der Waals surface area (Å²) in [5.74, 6) is 2.25. The zero-order chi connectivity index (χ0) is 27.4. The molecule has 0 amide bonds. The monoisotopic (exact) mass is 538 g/mol. The van der Waals surface area contributed by atoms with Crippen molar-refractivity contribution < 1.29 is 28.2 Å². The molecule has 0 spiro atoms. The lowest BCUT2D eigenvalue weighted by Crippen LogP contribution is -2.23. The molecule has 2 aliphatic heterocycles. The van der Waals surface area contributed by atoms with E-state index in [4.69, 9.17) is 23.4 Å². The molecule has 40 heavy (non-hydrogen) atoms. The average molecular weight is 539 g/mol. The summed E-state index contributed by atoms with van der Waals surface area (Å²) in [4.78, 5) is 25.5. The lowest BCUT2D eigenvalue weighted by molar-refractivity contribution is -0.135. The van der Waals surface area contributed by atoms with Crippen molar-refractivity contribution in [1.82, 2.24) is 0 Å². The van der Waals surface area contributed by atoms with Gasteiger partial charge in [0.1, 0.15) is 17.1 Å². The first-order valence-electron chi connectivity index (χ1n) is 13.9. The first-order valence-corrected chi connectivity index (χ1v) is 13.9. The topological polar surface area (TPSA) is 84.2 Å². The Balaban J connectivity index is 1.20. The summed E-state index contributed by atoms with van der Waals surface area (Å²) in [7, 11) is 1.62. The Morgan fingerprint density at radius 3 is 2.73 bits per heavy atom. The minimum absolute atomic E-state index is 0.212. The van der Waals surface area contributed by atoms with Crippen LogP contribution in [0, 0.1) is 6.92 Å². The fraction of sp³-hybridized carbons (Fsp3) is 0.333. The van der Waals surface area contributed by atoms with E-state index in [0.717, 1.165) is 65.7 Å². The first-order chi connectivity index (χ1) is 19.5. The van der Waals surface area contributed by atoms with Gasteiger partial charge in [-0.3, -0.25) is 4.79 Å². The molecule has 7 nitrogen and oxygen atoms in total. The van der Waals surface area contributed by atoms with Gasteiger partial charge in [-0.05, 0) is 78.3 Å². The van der Waals surface area contributed by atoms with Gasteiger partial charge < -0.3 is 23.4 Å². The molecule has 1 aliphatic carbocycles. The third-order valence-corrected chi connectivity index (χ3v) is 8.39. The van der Waals surface area contributed by atoms with Crippen molar-refractivity contribution >= 4 is 16.9 Å². The van der Waals surface area contributed by atoms with Crippen LogP contribution in [0.5, 0.6) is 23.0 Å². The average Bonchev–Trinajstić information content (AvgIpc) is 3.63. The molecule has 0 fully saturated rings. The van der Waals surface area contributed by atoms with E-state index in [-0.39, 0.29) is 23.9 Å². The maximum Gasteiger partial charge on any atom is 0.339 e. The van der Waals surface area contributed by atoms with Crippen LogP contribution in [0.4, 0.5) is 0 Å². The number of ether oxygens (including phenoxy) is 4. The molecule has 7 rings (SSSR count). The second-order valence-electron chi connectivity index (χ2n) is 10.8. The number of esters is 1. The van der Waals surface area contributed by atoms with Gasteiger partial charge in [0.05, 0.1) is 32.1 Å². The van der Waals surface area contributed by atoms with Crippen LogP contribution in [0.2, 0.25) is 0 Å². The Morgan fingerprint density at radius 1 is 0.975 bits per heavy atom. The number of fused-ring (bicyclic) bond motifs is 6. The van der Waals surface area contributed by atoms with E-state index in [0.29, 0.717) is 41.4 Å². The summed E-state index contributed by atoms with van der Waals surface area (Å²) < 4.78 is 29.0. The molecule has 7 heteroatoms. The quantitative estimate of drug-likeness (QED) is 0.180. The highest BCUT2D eigenvalue weighted by molar-refractivity contribution is 5.95.